The van der Waals surface area contributed by atoms with E-state index in [9.17, 15) is 0 Å². The fourth-order valence-electron chi connectivity index (χ4n) is 3.42. The van der Waals surface area contributed by atoms with Gasteiger partial charge in [0.25, 0.3) is 0 Å². The third-order valence-corrected chi connectivity index (χ3v) is 4.61. The molecule has 2 saturated carbocycles. The van der Waals surface area contributed by atoms with Gasteiger partial charge in [-0.25, -0.2) is 4.98 Å². The molecule has 1 N–H and O–H groups in total. The van der Waals surface area contributed by atoms with Crippen LogP contribution in [0.25, 0.3) is 0 Å². The molecule has 100 valence electrons. The van der Waals surface area contributed by atoms with Gasteiger partial charge in [-0.05, 0) is 33.1 Å². The summed E-state index contributed by atoms with van der Waals surface area (Å²) in [6, 6.07) is 0.579. The molecule has 2 aliphatic rings. The van der Waals surface area contributed by atoms with Crippen molar-refractivity contribution in [3.05, 3.63) is 17.8 Å². The molecule has 2 unspecified atom stereocenters. The summed E-state index contributed by atoms with van der Waals surface area (Å²) < 4.78 is 11.3. The fourth-order valence-corrected chi connectivity index (χ4v) is 3.42. The molecule has 0 aliphatic heterocycles. The van der Waals surface area contributed by atoms with E-state index in [4.69, 9.17) is 9.15 Å². The summed E-state index contributed by atoms with van der Waals surface area (Å²) in [5, 5.41) is 3.59. The largest absolute Gasteiger partial charge is 0.445 e. The lowest BCUT2D eigenvalue weighted by molar-refractivity contribution is -0.173. The fraction of sp³-hybridized carbons (Fsp3) is 0.786. The van der Waals surface area contributed by atoms with Crippen LogP contribution in [0.1, 0.15) is 44.3 Å². The van der Waals surface area contributed by atoms with E-state index < -0.39 is 0 Å². The Labute approximate surface area is 108 Å². The first-order chi connectivity index (χ1) is 8.74. The summed E-state index contributed by atoms with van der Waals surface area (Å²) in [5.41, 5.74) is 0.414. The highest BCUT2D eigenvalue weighted by molar-refractivity contribution is 5.12. The number of rotatable bonds is 5. The van der Waals surface area contributed by atoms with Gasteiger partial charge in [0.05, 0.1) is 18.8 Å². The number of aryl methyl sites for hydroxylation is 1. The van der Waals surface area contributed by atoms with Gasteiger partial charge in [-0.1, -0.05) is 6.42 Å². The zero-order valence-electron chi connectivity index (χ0n) is 11.2. The van der Waals surface area contributed by atoms with Gasteiger partial charge in [0.2, 0.25) is 5.89 Å². The van der Waals surface area contributed by atoms with Crippen molar-refractivity contribution in [1.82, 2.24) is 10.3 Å². The molecule has 3 rings (SSSR count). The molecule has 0 amide bonds. The number of ether oxygens (including phenoxy) is 1. The van der Waals surface area contributed by atoms with E-state index in [1.54, 1.807) is 6.20 Å². The topological polar surface area (TPSA) is 47.3 Å². The van der Waals surface area contributed by atoms with E-state index in [0.717, 1.165) is 31.2 Å². The molecule has 2 fully saturated rings. The Morgan fingerprint density at radius 2 is 2.39 bits per heavy atom. The van der Waals surface area contributed by atoms with Gasteiger partial charge < -0.3 is 14.5 Å². The summed E-state index contributed by atoms with van der Waals surface area (Å²) in [6.07, 6.45) is 7.34. The summed E-state index contributed by atoms with van der Waals surface area (Å²) in [5.74, 6) is 1.67. The molecule has 2 atom stereocenters. The average molecular weight is 250 g/mol. The first-order valence-corrected chi connectivity index (χ1v) is 7.01. The van der Waals surface area contributed by atoms with Crippen molar-refractivity contribution in [2.45, 2.75) is 58.2 Å². The van der Waals surface area contributed by atoms with Gasteiger partial charge >= 0.3 is 0 Å². The van der Waals surface area contributed by atoms with Gasteiger partial charge in [-0.3, -0.25) is 0 Å². The molecule has 4 heteroatoms. The van der Waals surface area contributed by atoms with Crippen molar-refractivity contribution in [3.63, 3.8) is 0 Å². The second-order valence-corrected chi connectivity index (χ2v) is 5.56. The van der Waals surface area contributed by atoms with E-state index in [2.05, 4.69) is 17.2 Å². The van der Waals surface area contributed by atoms with Gasteiger partial charge in [-0.2, -0.15) is 0 Å². The predicted molar refractivity (Wildman–Crippen MR) is 68.2 cm³/mol. The van der Waals surface area contributed by atoms with Crippen molar-refractivity contribution in [3.8, 4) is 0 Å². The first kappa shape index (κ1) is 12.2. The highest BCUT2D eigenvalue weighted by Crippen LogP contribution is 2.57. The smallest absolute Gasteiger partial charge is 0.208 e. The summed E-state index contributed by atoms with van der Waals surface area (Å²) in [4.78, 5) is 4.23. The van der Waals surface area contributed by atoms with Crippen LogP contribution >= 0.6 is 0 Å². The molecule has 0 radical (unpaired) electrons. The highest BCUT2D eigenvalue weighted by atomic mass is 16.5. The average Bonchev–Trinajstić information content (AvgIpc) is 2.66. The van der Waals surface area contributed by atoms with Crippen LogP contribution in [0.4, 0.5) is 0 Å². The Morgan fingerprint density at radius 3 is 2.94 bits per heavy atom. The number of nitrogens with one attached hydrogen (secondary N) is 1. The van der Waals surface area contributed by atoms with Crippen LogP contribution in [0.2, 0.25) is 0 Å². The Balaban J connectivity index is 1.55. The molecule has 0 bridgehead atoms. The molecule has 18 heavy (non-hydrogen) atoms. The van der Waals surface area contributed by atoms with Crippen LogP contribution in [0.3, 0.4) is 0 Å². The van der Waals surface area contributed by atoms with Crippen molar-refractivity contribution >= 4 is 0 Å². The maximum atomic E-state index is 5.84. The van der Waals surface area contributed by atoms with Gasteiger partial charge in [0.1, 0.15) is 5.76 Å². The van der Waals surface area contributed by atoms with Gasteiger partial charge in [0, 0.05) is 18.1 Å². The molecule has 2 aliphatic carbocycles. The van der Waals surface area contributed by atoms with E-state index in [1.807, 2.05) is 6.92 Å². The maximum Gasteiger partial charge on any atom is 0.208 e. The van der Waals surface area contributed by atoms with E-state index in [-0.39, 0.29) is 0 Å². The molecule has 4 nitrogen and oxygen atoms in total. The lowest BCUT2D eigenvalue weighted by Gasteiger charge is -2.61. The number of oxazole rings is 1. The van der Waals surface area contributed by atoms with Crippen molar-refractivity contribution in [2.24, 2.45) is 5.41 Å². The van der Waals surface area contributed by atoms with E-state index in [1.165, 1.54) is 19.3 Å². The number of aromatic nitrogens is 1. The maximum absolute atomic E-state index is 5.84. The zero-order chi connectivity index (χ0) is 12.6. The minimum atomic E-state index is 0.414. The number of nitrogens with zero attached hydrogens (tertiary/aromatic N) is 1. The lowest BCUT2D eigenvalue weighted by Crippen LogP contribution is -2.66. The van der Waals surface area contributed by atoms with Crippen molar-refractivity contribution in [2.75, 3.05) is 6.61 Å². The molecule has 0 aromatic carbocycles. The van der Waals surface area contributed by atoms with Crippen LogP contribution in [0, 0.1) is 12.3 Å². The monoisotopic (exact) mass is 250 g/mol. The lowest BCUT2D eigenvalue weighted by atomic mass is 9.51. The molecule has 1 heterocycles. The molecule has 1 aromatic heterocycles. The molecular weight excluding hydrogens is 228 g/mol. The van der Waals surface area contributed by atoms with Crippen LogP contribution in [-0.4, -0.2) is 23.7 Å². The van der Waals surface area contributed by atoms with E-state index in [0.29, 0.717) is 17.6 Å². The standard InChI is InChI=1S/C14H22N2O2/c1-3-17-12-7-11(14(12)5-4-6-14)15-9-13-16-8-10(2)18-13/h8,11-12,15H,3-7,9H2,1-2H3. The Bertz CT molecular complexity index is 412. The highest BCUT2D eigenvalue weighted by Gasteiger charge is 2.58. The third kappa shape index (κ3) is 1.88. The molecule has 1 aromatic rings. The Morgan fingerprint density at radius 1 is 1.56 bits per heavy atom. The first-order valence-electron chi connectivity index (χ1n) is 7.01. The predicted octanol–water partition coefficient (Wildman–Crippen LogP) is 2.42. The normalized spacial score (nSPS) is 29.0. The third-order valence-electron chi connectivity index (χ3n) is 4.61. The molecular formula is C14H22N2O2. The Kier molecular flexibility index (Phi) is 3.16. The van der Waals surface area contributed by atoms with E-state index >= 15 is 0 Å². The van der Waals surface area contributed by atoms with Crippen LogP contribution < -0.4 is 5.32 Å². The molecule has 1 spiro atoms. The number of hydrogen-bond acceptors (Lipinski definition) is 4. The Hall–Kier alpha value is -0.870. The van der Waals surface area contributed by atoms with Crippen LogP contribution in [0.5, 0.6) is 0 Å². The molecule has 0 saturated heterocycles. The SMILES string of the molecule is CCOC1CC(NCc2ncc(C)o2)C12CCC2. The van der Waals surface area contributed by atoms with Crippen LogP contribution in [0.15, 0.2) is 10.6 Å². The van der Waals surface area contributed by atoms with Gasteiger partial charge in [-0.15, -0.1) is 0 Å². The number of hydrogen-bond donors (Lipinski definition) is 1. The second kappa shape index (κ2) is 4.67. The van der Waals surface area contributed by atoms with Crippen LogP contribution in [-0.2, 0) is 11.3 Å². The quantitative estimate of drug-likeness (QED) is 0.872. The zero-order valence-corrected chi connectivity index (χ0v) is 11.2. The summed E-state index contributed by atoms with van der Waals surface area (Å²) in [6.45, 7) is 5.58. The summed E-state index contributed by atoms with van der Waals surface area (Å²) >= 11 is 0. The minimum absolute atomic E-state index is 0.414. The van der Waals surface area contributed by atoms with Gasteiger partial charge in [0.15, 0.2) is 0 Å². The van der Waals surface area contributed by atoms with Crippen molar-refractivity contribution in [1.29, 1.82) is 0 Å². The van der Waals surface area contributed by atoms with Crippen molar-refractivity contribution < 1.29 is 9.15 Å². The second-order valence-electron chi connectivity index (χ2n) is 5.56. The summed E-state index contributed by atoms with van der Waals surface area (Å²) in [7, 11) is 0. The minimum Gasteiger partial charge on any atom is -0.445 e.